The number of primary amides is 1. The molecule has 3 heterocycles. The zero-order valence-electron chi connectivity index (χ0n) is 18.4. The normalized spacial score (nSPS) is 13.8. The molecule has 0 atom stereocenters. The number of ether oxygens (including phenoxy) is 1. The molecule has 1 aromatic carbocycles. The van der Waals surface area contributed by atoms with Crippen LogP contribution >= 0.6 is 0 Å². The molecule has 35 heavy (non-hydrogen) atoms. The first kappa shape index (κ1) is 23.5. The monoisotopic (exact) mass is 480 g/mol. The number of benzene rings is 1. The first-order valence-electron chi connectivity index (χ1n) is 10.7. The summed E-state index contributed by atoms with van der Waals surface area (Å²) in [7, 11) is 0. The summed E-state index contributed by atoms with van der Waals surface area (Å²) < 4.78 is 18.2. The van der Waals surface area contributed by atoms with Gasteiger partial charge in [-0.05, 0) is 42.5 Å². The lowest BCUT2D eigenvalue weighted by atomic mass is 10.1. The van der Waals surface area contributed by atoms with E-state index in [1.807, 2.05) is 4.90 Å². The first-order chi connectivity index (χ1) is 16.8. The molecule has 11 nitrogen and oxygen atoms in total. The Kier molecular flexibility index (Phi) is 6.81. The van der Waals surface area contributed by atoms with E-state index in [4.69, 9.17) is 10.5 Å². The molecule has 2 amide bonds. The number of pyridine rings is 2. The van der Waals surface area contributed by atoms with Crippen molar-refractivity contribution in [2.24, 2.45) is 5.73 Å². The second-order valence-electron chi connectivity index (χ2n) is 7.81. The van der Waals surface area contributed by atoms with Gasteiger partial charge in [-0.3, -0.25) is 14.9 Å². The summed E-state index contributed by atoms with van der Waals surface area (Å²) in [5, 5.41) is 13.9. The minimum atomic E-state index is -0.796. The number of nitrogens with zero attached hydrogens (tertiary/aromatic N) is 4. The highest BCUT2D eigenvalue weighted by atomic mass is 19.1. The van der Waals surface area contributed by atoms with Crippen LogP contribution in [-0.2, 0) is 4.74 Å². The third kappa shape index (κ3) is 5.66. The van der Waals surface area contributed by atoms with Gasteiger partial charge < -0.3 is 20.7 Å². The molecule has 0 aliphatic carbocycles. The van der Waals surface area contributed by atoms with Crippen molar-refractivity contribution in [2.45, 2.75) is 18.9 Å². The Bertz CT molecular complexity index is 1240. The topological polar surface area (TPSA) is 154 Å². The predicted molar refractivity (Wildman–Crippen MR) is 124 cm³/mol. The molecule has 180 valence electrons. The Hall–Kier alpha value is -4.61. The highest BCUT2D eigenvalue weighted by Gasteiger charge is 2.23. The van der Waals surface area contributed by atoms with E-state index in [1.165, 1.54) is 42.6 Å². The van der Waals surface area contributed by atoms with Crippen molar-refractivity contribution in [3.8, 4) is 11.3 Å². The Morgan fingerprint density at radius 1 is 1.11 bits per heavy atom. The summed E-state index contributed by atoms with van der Waals surface area (Å²) in [4.78, 5) is 45.0. The third-order valence-corrected chi connectivity index (χ3v) is 5.50. The highest BCUT2D eigenvalue weighted by molar-refractivity contribution is 6.04. The van der Waals surface area contributed by atoms with E-state index in [-0.39, 0.29) is 23.2 Å². The molecule has 0 radical (unpaired) electrons. The van der Waals surface area contributed by atoms with E-state index in [2.05, 4.69) is 15.3 Å². The third-order valence-electron chi connectivity index (χ3n) is 5.50. The van der Waals surface area contributed by atoms with Gasteiger partial charge in [0.25, 0.3) is 5.91 Å². The maximum atomic E-state index is 13.2. The number of halogens is 1. The van der Waals surface area contributed by atoms with E-state index in [1.54, 1.807) is 12.1 Å². The average molecular weight is 480 g/mol. The maximum Gasteiger partial charge on any atom is 0.404 e. The van der Waals surface area contributed by atoms with Crippen molar-refractivity contribution in [3.05, 3.63) is 76.2 Å². The molecular weight excluding hydrogens is 459 g/mol. The van der Waals surface area contributed by atoms with Gasteiger partial charge in [0.2, 0.25) is 5.82 Å². The van der Waals surface area contributed by atoms with Gasteiger partial charge in [0.1, 0.15) is 17.7 Å². The molecule has 2 aromatic heterocycles. The molecule has 1 aliphatic rings. The lowest BCUT2D eigenvalue weighted by Crippen LogP contribution is -2.39. The molecule has 0 bridgehead atoms. The number of carbonyl (C=O) groups is 2. The van der Waals surface area contributed by atoms with E-state index in [9.17, 15) is 24.1 Å². The molecule has 0 spiro atoms. The summed E-state index contributed by atoms with van der Waals surface area (Å²) in [5.74, 6) is -0.642. The SMILES string of the molecule is NC(=O)OC1CCN(c2ccc(C(=O)Nc3nc(-c4ccc(F)cc4)ccc3[N+](=O)[O-])cn2)CC1. The second-order valence-corrected chi connectivity index (χ2v) is 7.81. The first-order valence-corrected chi connectivity index (χ1v) is 10.7. The fraction of sp³-hybridized carbons (Fsp3) is 0.217. The van der Waals surface area contributed by atoms with Crippen LogP contribution in [0.4, 0.5) is 26.5 Å². The minimum absolute atomic E-state index is 0.184. The smallest absolute Gasteiger partial charge is 0.404 e. The van der Waals surface area contributed by atoms with Crippen molar-refractivity contribution in [1.82, 2.24) is 9.97 Å². The Morgan fingerprint density at radius 2 is 1.83 bits per heavy atom. The number of carbonyl (C=O) groups excluding carboxylic acids is 2. The number of aromatic nitrogens is 2. The fourth-order valence-corrected chi connectivity index (χ4v) is 3.73. The molecule has 4 rings (SSSR count). The summed E-state index contributed by atoms with van der Waals surface area (Å²) in [6.07, 6.45) is 1.54. The van der Waals surface area contributed by atoms with Gasteiger partial charge in [0.05, 0.1) is 16.2 Å². The molecule has 3 aromatic rings. The van der Waals surface area contributed by atoms with Crippen LogP contribution < -0.4 is 16.0 Å². The number of rotatable bonds is 6. The number of hydrogen-bond donors (Lipinski definition) is 2. The number of piperidine rings is 1. The number of nitrogens with two attached hydrogens (primary N) is 1. The molecule has 12 heteroatoms. The number of amides is 2. The van der Waals surface area contributed by atoms with Crippen molar-refractivity contribution >= 4 is 29.3 Å². The summed E-state index contributed by atoms with van der Waals surface area (Å²) in [5.41, 5.74) is 5.73. The Balaban J connectivity index is 1.47. The lowest BCUT2D eigenvalue weighted by molar-refractivity contribution is -0.384. The average Bonchev–Trinajstić information content (AvgIpc) is 2.84. The van der Waals surface area contributed by atoms with Crippen LogP contribution in [0.1, 0.15) is 23.2 Å². The molecule has 0 unspecified atom stereocenters. The predicted octanol–water partition coefficient (Wildman–Crippen LogP) is 3.51. The Morgan fingerprint density at radius 3 is 2.43 bits per heavy atom. The minimum Gasteiger partial charge on any atom is -0.446 e. The molecule has 1 fully saturated rings. The van der Waals surface area contributed by atoms with Crippen molar-refractivity contribution in [3.63, 3.8) is 0 Å². The van der Waals surface area contributed by atoms with E-state index in [0.717, 1.165) is 0 Å². The fourth-order valence-electron chi connectivity index (χ4n) is 3.73. The summed E-state index contributed by atoms with van der Waals surface area (Å²) in [6, 6.07) is 11.3. The zero-order chi connectivity index (χ0) is 24.9. The van der Waals surface area contributed by atoms with Crippen molar-refractivity contribution in [1.29, 1.82) is 0 Å². The van der Waals surface area contributed by atoms with Crippen LogP contribution in [0, 0.1) is 15.9 Å². The Labute approximate surface area is 198 Å². The number of nitro groups is 1. The van der Waals surface area contributed by atoms with Gasteiger partial charge in [-0.15, -0.1) is 0 Å². The van der Waals surface area contributed by atoms with Crippen LogP contribution in [-0.4, -0.2) is 46.1 Å². The van der Waals surface area contributed by atoms with E-state index < -0.39 is 22.7 Å². The van der Waals surface area contributed by atoms with Crippen LogP contribution in [0.5, 0.6) is 0 Å². The molecule has 1 aliphatic heterocycles. The van der Waals surface area contributed by atoms with E-state index >= 15 is 0 Å². The van der Waals surface area contributed by atoms with Gasteiger partial charge in [-0.2, -0.15) is 0 Å². The maximum absolute atomic E-state index is 13.2. The second kappa shape index (κ2) is 10.1. The van der Waals surface area contributed by atoms with Gasteiger partial charge in [0.15, 0.2) is 0 Å². The van der Waals surface area contributed by atoms with Crippen LogP contribution in [0.25, 0.3) is 11.3 Å². The van der Waals surface area contributed by atoms with Gasteiger partial charge >= 0.3 is 11.8 Å². The standard InChI is InChI=1S/C23H21FN6O5/c24-16-4-1-14(2-5-16)18-6-7-19(30(33)34)21(27-18)28-22(31)15-3-8-20(26-13-15)29-11-9-17(10-12-29)35-23(25)32/h1-8,13,17H,9-12H2,(H2,25,32)(H,27,28,31). The van der Waals surface area contributed by atoms with Gasteiger partial charge in [-0.1, -0.05) is 0 Å². The number of hydrogen-bond acceptors (Lipinski definition) is 8. The van der Waals surface area contributed by atoms with Crippen LogP contribution in [0.15, 0.2) is 54.7 Å². The van der Waals surface area contributed by atoms with Crippen LogP contribution in [0.2, 0.25) is 0 Å². The highest BCUT2D eigenvalue weighted by Crippen LogP contribution is 2.28. The molecular formula is C23H21FN6O5. The van der Waals surface area contributed by atoms with Crippen LogP contribution in [0.3, 0.4) is 0 Å². The van der Waals surface area contributed by atoms with Gasteiger partial charge in [-0.25, -0.2) is 19.2 Å². The van der Waals surface area contributed by atoms with E-state index in [0.29, 0.717) is 43.0 Å². The largest absolute Gasteiger partial charge is 0.446 e. The van der Waals surface area contributed by atoms with Crippen molar-refractivity contribution < 1.29 is 23.6 Å². The summed E-state index contributed by atoms with van der Waals surface area (Å²) in [6.45, 7) is 1.20. The van der Waals surface area contributed by atoms with Gasteiger partial charge in [0, 0.05) is 43.8 Å². The quantitative estimate of drug-likeness (QED) is 0.401. The number of anilines is 2. The molecule has 1 saturated heterocycles. The number of nitrogens with one attached hydrogen (secondary N) is 1. The lowest BCUT2D eigenvalue weighted by Gasteiger charge is -2.32. The zero-order valence-corrected chi connectivity index (χ0v) is 18.4. The molecule has 3 N–H and O–H groups in total. The van der Waals surface area contributed by atoms with Crippen molar-refractivity contribution in [2.75, 3.05) is 23.3 Å². The summed E-state index contributed by atoms with van der Waals surface area (Å²) >= 11 is 0. The molecule has 0 saturated carbocycles.